The van der Waals surface area contributed by atoms with E-state index in [1.807, 2.05) is 36.4 Å². The van der Waals surface area contributed by atoms with Gasteiger partial charge in [-0.3, -0.25) is 4.79 Å². The van der Waals surface area contributed by atoms with E-state index in [0.717, 1.165) is 11.1 Å². The fourth-order valence-electron chi connectivity index (χ4n) is 4.79. The number of nitrogens with zero attached hydrogens (tertiary/aromatic N) is 1. The van der Waals surface area contributed by atoms with Crippen LogP contribution in [-0.2, 0) is 21.4 Å². The first-order valence-electron chi connectivity index (χ1n) is 11.8. The number of para-hydroxylation sites is 1. The number of carbonyl (C=O) groups is 1. The van der Waals surface area contributed by atoms with Gasteiger partial charge in [-0.2, -0.15) is 4.31 Å². The molecule has 0 aliphatic carbocycles. The third-order valence-corrected chi connectivity index (χ3v) is 8.61. The molecule has 2 aliphatic rings. The van der Waals surface area contributed by atoms with Crippen LogP contribution in [0.3, 0.4) is 0 Å². The van der Waals surface area contributed by atoms with E-state index in [-0.39, 0.29) is 43.1 Å². The van der Waals surface area contributed by atoms with Crippen molar-refractivity contribution in [2.24, 2.45) is 5.92 Å². The third kappa shape index (κ3) is 4.94. The second-order valence-corrected chi connectivity index (χ2v) is 10.8. The zero-order valence-corrected chi connectivity index (χ0v) is 21.4. The summed E-state index contributed by atoms with van der Waals surface area (Å²) in [6.07, 6.45) is 0. The Kier molecular flexibility index (Phi) is 6.94. The van der Waals surface area contributed by atoms with Crippen molar-refractivity contribution in [1.29, 1.82) is 0 Å². The van der Waals surface area contributed by atoms with E-state index in [2.05, 4.69) is 5.32 Å². The van der Waals surface area contributed by atoms with Gasteiger partial charge in [0.25, 0.3) is 0 Å². The molecule has 1 N–H and O–H groups in total. The molecule has 3 aromatic carbocycles. The fourth-order valence-corrected chi connectivity index (χ4v) is 6.28. The Morgan fingerprint density at radius 1 is 0.973 bits per heavy atom. The molecule has 0 aromatic heterocycles. The minimum atomic E-state index is -3.84. The van der Waals surface area contributed by atoms with E-state index in [1.54, 1.807) is 25.3 Å². The Balaban J connectivity index is 1.40. The number of hydrogen-bond donors (Lipinski definition) is 1. The lowest BCUT2D eigenvalue weighted by Gasteiger charge is -2.20. The van der Waals surface area contributed by atoms with Crippen LogP contribution in [0.25, 0.3) is 0 Å². The van der Waals surface area contributed by atoms with Crippen LogP contribution in [0, 0.1) is 5.92 Å². The summed E-state index contributed by atoms with van der Waals surface area (Å²) < 4.78 is 49.9. The molecule has 0 unspecified atom stereocenters. The van der Waals surface area contributed by atoms with Gasteiger partial charge in [0.05, 0.1) is 25.0 Å². The monoisotopic (exact) mass is 524 g/mol. The largest absolute Gasteiger partial charge is 0.497 e. The minimum absolute atomic E-state index is 0.0457. The maximum Gasteiger partial charge on any atom is 0.243 e. The van der Waals surface area contributed by atoms with Crippen molar-refractivity contribution in [2.45, 2.75) is 17.4 Å². The molecule has 1 fully saturated rings. The SMILES string of the molecule is COc1ccc(S(=O)(=O)N2C[C@H](C(=O)NCc3ccc4c(c3)OCO4)[C@@H](c3ccccc3OC)C2)cc1. The van der Waals surface area contributed by atoms with Crippen LogP contribution in [-0.4, -0.2) is 52.7 Å². The molecular weight excluding hydrogens is 496 g/mol. The lowest BCUT2D eigenvalue weighted by Crippen LogP contribution is -2.35. The van der Waals surface area contributed by atoms with Gasteiger partial charge in [-0.1, -0.05) is 24.3 Å². The summed E-state index contributed by atoms with van der Waals surface area (Å²) in [5, 5.41) is 2.98. The number of fused-ring (bicyclic) bond motifs is 1. The van der Waals surface area contributed by atoms with Crippen LogP contribution < -0.4 is 24.3 Å². The highest BCUT2D eigenvalue weighted by atomic mass is 32.2. The summed E-state index contributed by atoms with van der Waals surface area (Å²) in [5.74, 6) is 1.25. The summed E-state index contributed by atoms with van der Waals surface area (Å²) in [4.78, 5) is 13.6. The number of methoxy groups -OCH3 is 2. The summed E-state index contributed by atoms with van der Waals surface area (Å²) in [6, 6.07) is 19.1. The molecule has 10 heteroatoms. The minimum Gasteiger partial charge on any atom is -0.497 e. The first-order chi connectivity index (χ1) is 17.9. The number of rotatable bonds is 8. The van der Waals surface area contributed by atoms with E-state index in [9.17, 15) is 13.2 Å². The highest BCUT2D eigenvalue weighted by Gasteiger charge is 2.44. The van der Waals surface area contributed by atoms with Gasteiger partial charge in [0.2, 0.25) is 22.7 Å². The number of benzene rings is 3. The van der Waals surface area contributed by atoms with Crippen LogP contribution in [0.15, 0.2) is 71.6 Å². The second kappa shape index (κ2) is 10.3. The average Bonchev–Trinajstić information content (AvgIpc) is 3.59. The zero-order chi connectivity index (χ0) is 26.0. The van der Waals surface area contributed by atoms with Gasteiger partial charge in [-0.15, -0.1) is 0 Å². The Bertz CT molecular complexity index is 1390. The van der Waals surface area contributed by atoms with Crippen LogP contribution in [0.1, 0.15) is 17.0 Å². The number of nitrogens with one attached hydrogen (secondary N) is 1. The summed E-state index contributed by atoms with van der Waals surface area (Å²) in [5.41, 5.74) is 1.65. The molecule has 0 bridgehead atoms. The van der Waals surface area contributed by atoms with Crippen molar-refractivity contribution in [2.75, 3.05) is 34.1 Å². The Morgan fingerprint density at radius 2 is 1.73 bits per heavy atom. The van der Waals surface area contributed by atoms with Gasteiger partial charge in [-0.05, 0) is 53.6 Å². The molecule has 0 saturated carbocycles. The van der Waals surface area contributed by atoms with E-state index >= 15 is 0 Å². The predicted octanol–water partition coefficient (Wildman–Crippen LogP) is 3.15. The summed E-state index contributed by atoms with van der Waals surface area (Å²) in [7, 11) is -0.752. The van der Waals surface area contributed by atoms with Crippen LogP contribution >= 0.6 is 0 Å². The number of amides is 1. The van der Waals surface area contributed by atoms with Crippen LogP contribution in [0.2, 0.25) is 0 Å². The Hall–Kier alpha value is -3.76. The van der Waals surface area contributed by atoms with Crippen molar-refractivity contribution in [3.05, 3.63) is 77.9 Å². The smallest absolute Gasteiger partial charge is 0.243 e. The van der Waals surface area contributed by atoms with Crippen LogP contribution in [0.5, 0.6) is 23.0 Å². The van der Waals surface area contributed by atoms with E-state index in [4.69, 9.17) is 18.9 Å². The fraction of sp³-hybridized carbons (Fsp3) is 0.296. The average molecular weight is 525 g/mol. The molecule has 2 aliphatic heterocycles. The second-order valence-electron chi connectivity index (χ2n) is 8.86. The highest BCUT2D eigenvalue weighted by molar-refractivity contribution is 7.89. The normalized spacial score (nSPS) is 19.0. The lowest BCUT2D eigenvalue weighted by atomic mass is 9.87. The number of hydrogen-bond acceptors (Lipinski definition) is 7. The molecular formula is C27H28N2O7S. The highest BCUT2D eigenvalue weighted by Crippen LogP contribution is 2.40. The molecule has 2 atom stereocenters. The van der Waals surface area contributed by atoms with Gasteiger partial charge in [0, 0.05) is 25.6 Å². The maximum atomic E-state index is 13.5. The van der Waals surface area contributed by atoms with Crippen LogP contribution in [0.4, 0.5) is 0 Å². The van der Waals surface area contributed by atoms with Gasteiger partial charge < -0.3 is 24.3 Å². The van der Waals surface area contributed by atoms with E-state index in [0.29, 0.717) is 23.0 Å². The standard InChI is InChI=1S/C27H28N2O7S/c1-33-19-8-10-20(11-9-19)37(31,32)29-15-22(21-5-3-4-6-24(21)34-2)23(16-29)27(30)28-14-18-7-12-25-26(13-18)36-17-35-25/h3-13,22-23H,14-17H2,1-2H3,(H,28,30)/t22-,23+/m1/s1. The van der Waals surface area contributed by atoms with Crippen molar-refractivity contribution in [1.82, 2.24) is 9.62 Å². The van der Waals surface area contributed by atoms with Crippen molar-refractivity contribution >= 4 is 15.9 Å². The molecule has 5 rings (SSSR count). The Morgan fingerprint density at radius 3 is 2.49 bits per heavy atom. The molecule has 1 saturated heterocycles. The molecule has 194 valence electrons. The number of ether oxygens (including phenoxy) is 4. The van der Waals surface area contributed by atoms with Crippen molar-refractivity contribution in [3.8, 4) is 23.0 Å². The zero-order valence-electron chi connectivity index (χ0n) is 20.5. The summed E-state index contributed by atoms with van der Waals surface area (Å²) in [6.45, 7) is 0.642. The third-order valence-electron chi connectivity index (χ3n) is 6.76. The molecule has 3 aromatic rings. The van der Waals surface area contributed by atoms with Gasteiger partial charge in [0.1, 0.15) is 11.5 Å². The van der Waals surface area contributed by atoms with E-state index in [1.165, 1.54) is 23.5 Å². The van der Waals surface area contributed by atoms with E-state index < -0.39 is 15.9 Å². The molecule has 0 radical (unpaired) electrons. The first kappa shape index (κ1) is 24.9. The number of sulfonamides is 1. The Labute approximate surface area is 216 Å². The quantitative estimate of drug-likeness (QED) is 0.483. The molecule has 1 amide bonds. The predicted molar refractivity (Wildman–Crippen MR) is 135 cm³/mol. The molecule has 9 nitrogen and oxygen atoms in total. The number of carbonyl (C=O) groups excluding carboxylic acids is 1. The van der Waals surface area contributed by atoms with Gasteiger partial charge >= 0.3 is 0 Å². The lowest BCUT2D eigenvalue weighted by molar-refractivity contribution is -0.125. The topological polar surface area (TPSA) is 103 Å². The van der Waals surface area contributed by atoms with Gasteiger partial charge in [-0.25, -0.2) is 8.42 Å². The van der Waals surface area contributed by atoms with Crippen molar-refractivity contribution in [3.63, 3.8) is 0 Å². The summed E-state index contributed by atoms with van der Waals surface area (Å²) >= 11 is 0. The molecule has 0 spiro atoms. The molecule has 2 heterocycles. The first-order valence-corrected chi connectivity index (χ1v) is 13.3. The maximum absolute atomic E-state index is 13.5. The van der Waals surface area contributed by atoms with Gasteiger partial charge in [0.15, 0.2) is 11.5 Å². The molecule has 37 heavy (non-hydrogen) atoms. The van der Waals surface area contributed by atoms with Crippen molar-refractivity contribution < 1.29 is 32.2 Å².